The van der Waals surface area contributed by atoms with E-state index in [9.17, 15) is 14.4 Å². The molecule has 2 atom stereocenters. The summed E-state index contributed by atoms with van der Waals surface area (Å²) in [6.45, 7) is 10.7. The van der Waals surface area contributed by atoms with Gasteiger partial charge in [-0.1, -0.05) is 62.4 Å². The summed E-state index contributed by atoms with van der Waals surface area (Å²) < 4.78 is 16.0. The Labute approximate surface area is 250 Å². The Morgan fingerprint density at radius 3 is 2.10 bits per heavy atom. The van der Waals surface area contributed by atoms with Gasteiger partial charge in [0.1, 0.15) is 18.2 Å². The predicted octanol–water partition coefficient (Wildman–Crippen LogP) is 5.77. The minimum absolute atomic E-state index is 0.0154. The van der Waals surface area contributed by atoms with Gasteiger partial charge in [0.2, 0.25) is 0 Å². The molecule has 0 saturated heterocycles. The molecule has 42 heavy (non-hydrogen) atoms. The van der Waals surface area contributed by atoms with Gasteiger partial charge in [-0.15, -0.1) is 0 Å². The SMILES string of the molecule is COC(=O)[C@H](CCCCNC(=O)OC(C)(C)C)NC[C@@H](CC(C)C)NC(=O)OCC1c2ccccc2-c2ccccc21. The summed E-state index contributed by atoms with van der Waals surface area (Å²) in [5.74, 6) is -0.0564. The highest BCUT2D eigenvalue weighted by molar-refractivity contribution is 5.79. The lowest BCUT2D eigenvalue weighted by Crippen LogP contribution is -2.48. The first-order chi connectivity index (χ1) is 20.0. The standard InChI is InChI=1S/C33H47N3O6/c1-22(2)19-23(20-35-29(30(37)40-6)17-11-12-18-34-31(38)42-33(3,4)5)36-32(39)41-21-28-26-15-9-7-13-24(26)25-14-8-10-16-27(25)28/h7-10,13-16,22-23,28-29,35H,11-12,17-21H2,1-6H3,(H,34,38)(H,36,39)/t23-,29+/m1/s1. The van der Waals surface area contributed by atoms with E-state index >= 15 is 0 Å². The van der Waals surface area contributed by atoms with E-state index in [2.05, 4.69) is 54.1 Å². The molecule has 9 nitrogen and oxygen atoms in total. The van der Waals surface area contributed by atoms with Crippen LogP contribution in [0, 0.1) is 5.92 Å². The van der Waals surface area contributed by atoms with Gasteiger partial charge >= 0.3 is 18.2 Å². The number of hydrogen-bond donors (Lipinski definition) is 3. The Morgan fingerprint density at radius 2 is 1.52 bits per heavy atom. The van der Waals surface area contributed by atoms with Gasteiger partial charge in [0.15, 0.2) is 0 Å². The van der Waals surface area contributed by atoms with Crippen LogP contribution in [0.3, 0.4) is 0 Å². The van der Waals surface area contributed by atoms with Gasteiger partial charge in [-0.05, 0) is 74.6 Å². The maximum absolute atomic E-state index is 12.9. The first-order valence-corrected chi connectivity index (χ1v) is 14.9. The van der Waals surface area contributed by atoms with Crippen molar-refractivity contribution in [1.82, 2.24) is 16.0 Å². The molecule has 0 fully saturated rings. The van der Waals surface area contributed by atoms with Crippen molar-refractivity contribution in [2.24, 2.45) is 5.92 Å². The van der Waals surface area contributed by atoms with E-state index in [0.29, 0.717) is 44.7 Å². The van der Waals surface area contributed by atoms with E-state index in [1.807, 2.05) is 45.0 Å². The highest BCUT2D eigenvalue weighted by atomic mass is 16.6. The van der Waals surface area contributed by atoms with Crippen molar-refractivity contribution in [2.45, 2.75) is 83.9 Å². The second kappa shape index (κ2) is 15.6. The Morgan fingerprint density at radius 1 is 0.905 bits per heavy atom. The molecule has 2 aromatic carbocycles. The molecule has 0 radical (unpaired) electrons. The monoisotopic (exact) mass is 581 g/mol. The van der Waals surface area contributed by atoms with E-state index in [1.54, 1.807) is 0 Å². The van der Waals surface area contributed by atoms with Crippen LogP contribution in [0.25, 0.3) is 11.1 Å². The minimum Gasteiger partial charge on any atom is -0.468 e. The molecular formula is C33H47N3O6. The fraction of sp³-hybridized carbons (Fsp3) is 0.545. The van der Waals surface area contributed by atoms with Crippen LogP contribution >= 0.6 is 0 Å². The molecule has 9 heteroatoms. The Balaban J connectivity index is 1.50. The average Bonchev–Trinajstić information content (AvgIpc) is 3.25. The molecule has 0 bridgehead atoms. The van der Waals surface area contributed by atoms with Crippen molar-refractivity contribution in [3.8, 4) is 11.1 Å². The molecule has 3 rings (SSSR count). The van der Waals surface area contributed by atoms with Gasteiger partial charge in [0.05, 0.1) is 7.11 Å². The molecule has 0 saturated carbocycles. The highest BCUT2D eigenvalue weighted by Crippen LogP contribution is 2.44. The molecule has 0 heterocycles. The van der Waals surface area contributed by atoms with Crippen LogP contribution in [0.1, 0.15) is 77.3 Å². The number of carbonyl (C=O) groups is 3. The van der Waals surface area contributed by atoms with Crippen molar-refractivity contribution in [1.29, 1.82) is 0 Å². The summed E-state index contributed by atoms with van der Waals surface area (Å²) in [6.07, 6.45) is 1.68. The summed E-state index contributed by atoms with van der Waals surface area (Å²) in [4.78, 5) is 37.2. The molecule has 0 unspecified atom stereocenters. The maximum atomic E-state index is 12.9. The van der Waals surface area contributed by atoms with Crippen molar-refractivity contribution in [3.05, 3.63) is 59.7 Å². The highest BCUT2D eigenvalue weighted by Gasteiger charge is 2.29. The number of amides is 2. The summed E-state index contributed by atoms with van der Waals surface area (Å²) >= 11 is 0. The largest absolute Gasteiger partial charge is 0.468 e. The third-order valence-electron chi connectivity index (χ3n) is 7.11. The second-order valence-corrected chi connectivity index (χ2v) is 12.2. The number of nitrogens with one attached hydrogen (secondary N) is 3. The van der Waals surface area contributed by atoms with Gasteiger partial charge in [-0.25, -0.2) is 9.59 Å². The molecule has 230 valence electrons. The molecule has 3 N–H and O–H groups in total. The molecular weight excluding hydrogens is 534 g/mol. The van der Waals surface area contributed by atoms with Gasteiger partial charge in [-0.2, -0.15) is 0 Å². The van der Waals surface area contributed by atoms with Crippen LogP contribution < -0.4 is 16.0 Å². The average molecular weight is 582 g/mol. The first kappa shape index (κ1) is 32.9. The number of esters is 1. The number of unbranched alkanes of at least 4 members (excludes halogenated alkanes) is 1. The lowest BCUT2D eigenvalue weighted by Gasteiger charge is -2.24. The summed E-state index contributed by atoms with van der Waals surface area (Å²) in [6, 6.07) is 15.7. The number of hydrogen-bond acceptors (Lipinski definition) is 7. The zero-order valence-corrected chi connectivity index (χ0v) is 25.8. The molecule has 2 aromatic rings. The smallest absolute Gasteiger partial charge is 0.407 e. The lowest BCUT2D eigenvalue weighted by atomic mass is 9.98. The maximum Gasteiger partial charge on any atom is 0.407 e. The molecule has 0 aliphatic heterocycles. The zero-order valence-electron chi connectivity index (χ0n) is 25.8. The Bertz CT molecular complexity index is 1150. The van der Waals surface area contributed by atoms with Crippen molar-refractivity contribution in [2.75, 3.05) is 26.8 Å². The van der Waals surface area contributed by atoms with Gasteiger partial charge in [0, 0.05) is 25.0 Å². The van der Waals surface area contributed by atoms with Crippen LogP contribution in [0.4, 0.5) is 9.59 Å². The van der Waals surface area contributed by atoms with Crippen molar-refractivity contribution >= 4 is 18.2 Å². The van der Waals surface area contributed by atoms with E-state index in [4.69, 9.17) is 14.2 Å². The number of benzene rings is 2. The van der Waals surface area contributed by atoms with E-state index < -0.39 is 23.8 Å². The summed E-state index contributed by atoms with van der Waals surface area (Å²) in [5.41, 5.74) is 4.13. The predicted molar refractivity (Wildman–Crippen MR) is 163 cm³/mol. The number of carbonyl (C=O) groups excluding carboxylic acids is 3. The molecule has 0 spiro atoms. The third kappa shape index (κ3) is 10.0. The summed E-state index contributed by atoms with van der Waals surface area (Å²) in [5, 5.41) is 9.01. The van der Waals surface area contributed by atoms with Crippen LogP contribution in [0.15, 0.2) is 48.5 Å². The number of ether oxygens (including phenoxy) is 3. The Kier molecular flexibility index (Phi) is 12.2. The lowest BCUT2D eigenvalue weighted by molar-refractivity contribution is -0.143. The Hall–Kier alpha value is -3.59. The quantitative estimate of drug-likeness (QED) is 0.147. The van der Waals surface area contributed by atoms with Crippen molar-refractivity contribution in [3.63, 3.8) is 0 Å². The fourth-order valence-electron chi connectivity index (χ4n) is 5.28. The van der Waals surface area contributed by atoms with Gasteiger partial charge in [-0.3, -0.25) is 4.79 Å². The van der Waals surface area contributed by atoms with Crippen LogP contribution in [0.2, 0.25) is 0 Å². The summed E-state index contributed by atoms with van der Waals surface area (Å²) in [7, 11) is 1.36. The normalized spacial score (nSPS) is 14.0. The second-order valence-electron chi connectivity index (χ2n) is 12.2. The van der Waals surface area contributed by atoms with Gasteiger partial charge in [0.25, 0.3) is 0 Å². The van der Waals surface area contributed by atoms with E-state index in [0.717, 1.165) is 11.1 Å². The number of fused-ring (bicyclic) bond motifs is 3. The van der Waals surface area contributed by atoms with Crippen LogP contribution in [0.5, 0.6) is 0 Å². The number of rotatable bonds is 14. The first-order valence-electron chi connectivity index (χ1n) is 14.9. The van der Waals surface area contributed by atoms with E-state index in [-0.39, 0.29) is 24.5 Å². The minimum atomic E-state index is -0.551. The zero-order chi connectivity index (χ0) is 30.7. The number of methoxy groups -OCH3 is 1. The van der Waals surface area contributed by atoms with E-state index in [1.165, 1.54) is 18.2 Å². The molecule has 2 amide bonds. The number of alkyl carbamates (subject to hydrolysis) is 2. The topological polar surface area (TPSA) is 115 Å². The van der Waals surface area contributed by atoms with Gasteiger partial charge < -0.3 is 30.2 Å². The van der Waals surface area contributed by atoms with Crippen LogP contribution in [-0.4, -0.2) is 62.6 Å². The third-order valence-corrected chi connectivity index (χ3v) is 7.11. The van der Waals surface area contributed by atoms with Crippen molar-refractivity contribution < 1.29 is 28.6 Å². The van der Waals surface area contributed by atoms with Crippen LogP contribution in [-0.2, 0) is 19.0 Å². The fourth-order valence-corrected chi connectivity index (χ4v) is 5.28. The molecule has 0 aromatic heterocycles. The molecule has 1 aliphatic rings. The molecule has 1 aliphatic carbocycles.